The summed E-state index contributed by atoms with van der Waals surface area (Å²) in [5.41, 5.74) is -1.72. The number of hydrogen-bond acceptors (Lipinski definition) is 4. The molecule has 0 atom stereocenters. The molecule has 0 aliphatic carbocycles. The van der Waals surface area contributed by atoms with Gasteiger partial charge in [-0.25, -0.2) is 4.39 Å². The van der Waals surface area contributed by atoms with Gasteiger partial charge in [-0.15, -0.1) is 0 Å². The summed E-state index contributed by atoms with van der Waals surface area (Å²) < 4.78 is 65.8. The van der Waals surface area contributed by atoms with Crippen molar-refractivity contribution in [2.24, 2.45) is 5.92 Å². The van der Waals surface area contributed by atoms with Crippen LogP contribution in [-0.2, 0) is 12.7 Å². The van der Waals surface area contributed by atoms with E-state index < -0.39 is 29.0 Å². The molecule has 2 heterocycles. The lowest BCUT2D eigenvalue weighted by Crippen LogP contribution is -2.35. The number of alkyl halides is 3. The molecular formula is C24H26F4N2O3. The van der Waals surface area contributed by atoms with E-state index in [2.05, 4.69) is 11.8 Å². The van der Waals surface area contributed by atoms with Gasteiger partial charge in [0.15, 0.2) is 11.5 Å². The fourth-order valence-electron chi connectivity index (χ4n) is 4.35. The number of piperidine rings is 1. The number of amides is 1. The van der Waals surface area contributed by atoms with Gasteiger partial charge in [0.25, 0.3) is 5.91 Å². The molecule has 1 saturated heterocycles. The Morgan fingerprint density at radius 2 is 1.82 bits per heavy atom. The van der Waals surface area contributed by atoms with Crippen molar-refractivity contribution < 1.29 is 31.8 Å². The lowest BCUT2D eigenvalue weighted by molar-refractivity contribution is -0.137. The molecule has 4 rings (SSSR count). The number of methoxy groups -OCH3 is 1. The number of nitrogens with zero attached hydrogens (tertiary/aromatic N) is 2. The minimum Gasteiger partial charge on any atom is -0.493 e. The quantitative estimate of drug-likeness (QED) is 0.554. The molecule has 1 amide bonds. The highest BCUT2D eigenvalue weighted by Crippen LogP contribution is 2.41. The minimum atomic E-state index is -4.76. The van der Waals surface area contributed by atoms with Crippen LogP contribution in [0.3, 0.4) is 0 Å². The Labute approximate surface area is 189 Å². The van der Waals surface area contributed by atoms with Gasteiger partial charge in [0.2, 0.25) is 0 Å². The summed E-state index contributed by atoms with van der Waals surface area (Å²) >= 11 is 0. The van der Waals surface area contributed by atoms with Crippen molar-refractivity contribution in [2.75, 3.05) is 38.3 Å². The summed E-state index contributed by atoms with van der Waals surface area (Å²) in [6.07, 6.45) is -2.47. The summed E-state index contributed by atoms with van der Waals surface area (Å²) in [4.78, 5) is 16.4. The van der Waals surface area contributed by atoms with Gasteiger partial charge in [-0.3, -0.25) is 9.69 Å². The van der Waals surface area contributed by atoms with Crippen LogP contribution in [0.4, 0.5) is 23.2 Å². The van der Waals surface area contributed by atoms with Gasteiger partial charge in [0, 0.05) is 23.9 Å². The Kier molecular flexibility index (Phi) is 6.52. The molecule has 2 aromatic rings. The van der Waals surface area contributed by atoms with Crippen molar-refractivity contribution >= 4 is 11.6 Å². The second-order valence-electron chi connectivity index (χ2n) is 8.55. The topological polar surface area (TPSA) is 42.0 Å². The fourth-order valence-corrected chi connectivity index (χ4v) is 4.35. The highest BCUT2D eigenvalue weighted by Gasteiger charge is 2.42. The number of likely N-dealkylation sites (tertiary alicyclic amines) is 1. The SMILES string of the molecule is COc1ccc(N2Cc3c(F)ccc(C(F)(F)F)c3C2=O)cc1OCCN1CCC(C)CC1. The molecule has 2 aliphatic rings. The third-order valence-corrected chi connectivity index (χ3v) is 6.34. The van der Waals surface area contributed by atoms with Crippen molar-refractivity contribution in [3.8, 4) is 11.5 Å². The molecule has 1 fully saturated rings. The van der Waals surface area contributed by atoms with Gasteiger partial charge in [-0.2, -0.15) is 13.2 Å². The normalized spacial score (nSPS) is 17.4. The molecule has 0 spiro atoms. The van der Waals surface area contributed by atoms with Crippen LogP contribution in [0.2, 0.25) is 0 Å². The molecule has 0 radical (unpaired) electrons. The summed E-state index contributed by atoms with van der Waals surface area (Å²) in [5.74, 6) is -0.188. The Hall–Kier alpha value is -2.81. The van der Waals surface area contributed by atoms with E-state index in [-0.39, 0.29) is 12.1 Å². The average molecular weight is 466 g/mol. The Morgan fingerprint density at radius 1 is 1.09 bits per heavy atom. The second kappa shape index (κ2) is 9.21. The largest absolute Gasteiger partial charge is 0.493 e. The Balaban J connectivity index is 1.53. The zero-order chi connectivity index (χ0) is 23.8. The number of benzene rings is 2. The molecule has 2 aromatic carbocycles. The second-order valence-corrected chi connectivity index (χ2v) is 8.55. The van der Waals surface area contributed by atoms with Crippen LogP contribution < -0.4 is 14.4 Å². The Morgan fingerprint density at radius 3 is 2.48 bits per heavy atom. The maximum atomic E-state index is 14.3. The van der Waals surface area contributed by atoms with Crippen LogP contribution in [0.25, 0.3) is 0 Å². The molecule has 9 heteroatoms. The number of carbonyl (C=O) groups excluding carboxylic acids is 1. The molecule has 0 unspecified atom stereocenters. The lowest BCUT2D eigenvalue weighted by atomic mass is 9.99. The number of fused-ring (bicyclic) bond motifs is 1. The van der Waals surface area contributed by atoms with E-state index >= 15 is 0 Å². The first-order valence-corrected chi connectivity index (χ1v) is 10.9. The number of hydrogen-bond donors (Lipinski definition) is 0. The van der Waals surface area contributed by atoms with Crippen LogP contribution >= 0.6 is 0 Å². The molecular weight excluding hydrogens is 440 g/mol. The average Bonchev–Trinajstić information content (AvgIpc) is 3.12. The van der Waals surface area contributed by atoms with Crippen LogP contribution in [0.15, 0.2) is 30.3 Å². The van der Waals surface area contributed by atoms with Gasteiger partial charge < -0.3 is 14.4 Å². The predicted molar refractivity (Wildman–Crippen MR) is 115 cm³/mol. The summed E-state index contributed by atoms with van der Waals surface area (Å²) in [6.45, 7) is 5.10. The number of anilines is 1. The molecule has 178 valence electrons. The van der Waals surface area contributed by atoms with Crippen molar-refractivity contribution in [2.45, 2.75) is 32.5 Å². The zero-order valence-electron chi connectivity index (χ0n) is 18.5. The summed E-state index contributed by atoms with van der Waals surface area (Å²) in [7, 11) is 1.48. The highest BCUT2D eigenvalue weighted by atomic mass is 19.4. The van der Waals surface area contributed by atoms with Crippen molar-refractivity contribution in [3.05, 3.63) is 52.8 Å². The third kappa shape index (κ3) is 4.78. The maximum absolute atomic E-state index is 14.3. The third-order valence-electron chi connectivity index (χ3n) is 6.34. The van der Waals surface area contributed by atoms with E-state index in [1.807, 2.05) is 0 Å². The fraction of sp³-hybridized carbons (Fsp3) is 0.458. The van der Waals surface area contributed by atoms with Crippen LogP contribution in [-0.4, -0.2) is 44.2 Å². The number of halogens is 4. The maximum Gasteiger partial charge on any atom is 0.417 e. The monoisotopic (exact) mass is 466 g/mol. The first kappa shape index (κ1) is 23.4. The molecule has 33 heavy (non-hydrogen) atoms. The highest BCUT2D eigenvalue weighted by molar-refractivity contribution is 6.11. The van der Waals surface area contributed by atoms with Gasteiger partial charge in [0.05, 0.1) is 24.8 Å². The summed E-state index contributed by atoms with van der Waals surface area (Å²) in [6, 6.07) is 6.05. The molecule has 0 N–H and O–H groups in total. The van der Waals surface area contributed by atoms with Gasteiger partial charge in [-0.05, 0) is 56.1 Å². The van der Waals surface area contributed by atoms with Gasteiger partial charge >= 0.3 is 6.18 Å². The minimum absolute atomic E-state index is 0.257. The van der Waals surface area contributed by atoms with Gasteiger partial charge in [-0.1, -0.05) is 6.92 Å². The predicted octanol–water partition coefficient (Wildman–Crippen LogP) is 5.12. The van der Waals surface area contributed by atoms with E-state index in [1.165, 1.54) is 7.11 Å². The van der Waals surface area contributed by atoms with Gasteiger partial charge in [0.1, 0.15) is 12.4 Å². The molecule has 0 aromatic heterocycles. The molecule has 0 saturated carbocycles. The van der Waals surface area contributed by atoms with Crippen molar-refractivity contribution in [3.63, 3.8) is 0 Å². The number of rotatable bonds is 6. The van der Waals surface area contributed by atoms with Crippen molar-refractivity contribution in [1.82, 2.24) is 4.90 Å². The molecule has 5 nitrogen and oxygen atoms in total. The van der Waals surface area contributed by atoms with Crippen LogP contribution in [0.5, 0.6) is 11.5 Å². The first-order chi connectivity index (χ1) is 15.7. The Bertz CT molecular complexity index is 1030. The van der Waals surface area contributed by atoms with E-state index in [4.69, 9.17) is 9.47 Å². The smallest absolute Gasteiger partial charge is 0.417 e. The number of carbonyl (C=O) groups is 1. The molecule has 2 aliphatic heterocycles. The number of ether oxygens (including phenoxy) is 2. The van der Waals surface area contributed by atoms with E-state index in [0.29, 0.717) is 29.9 Å². The zero-order valence-corrected chi connectivity index (χ0v) is 18.5. The van der Waals surface area contributed by atoms with E-state index in [0.717, 1.165) is 49.4 Å². The standard InChI is InChI=1S/C24H26F4N2O3/c1-15-7-9-29(10-8-15)11-12-33-21-13-16(3-6-20(21)32-2)30-14-17-19(25)5-4-18(24(26,27)28)22(17)23(30)31/h3-6,13,15H,7-12,14H2,1-2H3. The first-order valence-electron chi connectivity index (χ1n) is 10.9. The van der Waals surface area contributed by atoms with E-state index in [9.17, 15) is 22.4 Å². The van der Waals surface area contributed by atoms with Crippen LogP contribution in [0, 0.1) is 11.7 Å². The molecule has 0 bridgehead atoms. The van der Waals surface area contributed by atoms with E-state index in [1.54, 1.807) is 18.2 Å². The lowest BCUT2D eigenvalue weighted by Gasteiger charge is -2.30. The summed E-state index contributed by atoms with van der Waals surface area (Å²) in [5, 5.41) is 0. The van der Waals surface area contributed by atoms with Crippen molar-refractivity contribution in [1.29, 1.82) is 0 Å². The van der Waals surface area contributed by atoms with Crippen LogP contribution in [0.1, 0.15) is 41.3 Å².